The maximum atomic E-state index is 13.3. The number of likely N-dealkylation sites (N-methyl/N-ethyl adjacent to an activating group) is 1. The molecule has 2 aliphatic carbocycles. The van der Waals surface area contributed by atoms with Gasteiger partial charge in [-0.15, -0.1) is 0 Å². The minimum Gasteiger partial charge on any atom is -0.369 e. The van der Waals surface area contributed by atoms with Crippen LogP contribution in [0, 0.1) is 17.8 Å². The molecule has 6 heteroatoms. The highest BCUT2D eigenvalue weighted by molar-refractivity contribution is 6.06. The number of unbranched alkanes of at least 4 members (excludes halogenated alkanes) is 1. The molecule has 1 aliphatic heterocycles. The molecule has 2 fully saturated rings. The number of rotatable bonds is 10. The Balaban J connectivity index is 1.31. The molecule has 1 amide bonds. The predicted octanol–water partition coefficient (Wildman–Crippen LogP) is 5.14. The zero-order chi connectivity index (χ0) is 22.4. The molecular weight excluding hydrogens is 398 g/mol. The van der Waals surface area contributed by atoms with Crippen molar-refractivity contribution in [2.75, 3.05) is 7.05 Å². The summed E-state index contributed by atoms with van der Waals surface area (Å²) in [6, 6.07) is 0. The Morgan fingerprint density at radius 3 is 2.53 bits per heavy atom. The first-order valence-corrected chi connectivity index (χ1v) is 13.1. The summed E-state index contributed by atoms with van der Waals surface area (Å²) in [5.41, 5.74) is 5.56. The fourth-order valence-corrected chi connectivity index (χ4v) is 6.55. The Labute approximate surface area is 194 Å². The lowest BCUT2D eigenvalue weighted by Gasteiger charge is -2.35. The van der Waals surface area contributed by atoms with E-state index < -0.39 is 5.54 Å². The number of hydrogen-bond donors (Lipinski definition) is 1. The number of amides is 1. The van der Waals surface area contributed by atoms with Crippen molar-refractivity contribution >= 4 is 11.9 Å². The third kappa shape index (κ3) is 5.74. The molecule has 1 aromatic rings. The number of aliphatic imine (C=N–C) groups is 1. The Morgan fingerprint density at radius 2 is 1.81 bits per heavy atom. The zero-order valence-corrected chi connectivity index (χ0v) is 20.1. The lowest BCUT2D eigenvalue weighted by atomic mass is 9.72. The van der Waals surface area contributed by atoms with Crippen molar-refractivity contribution in [3.05, 3.63) is 18.7 Å². The van der Waals surface area contributed by atoms with Crippen molar-refractivity contribution in [1.29, 1.82) is 0 Å². The number of hydrogen-bond acceptors (Lipinski definition) is 4. The van der Waals surface area contributed by atoms with Crippen LogP contribution < -0.4 is 5.73 Å². The van der Waals surface area contributed by atoms with Crippen LogP contribution in [-0.4, -0.2) is 38.9 Å². The summed E-state index contributed by atoms with van der Waals surface area (Å²) in [6.45, 7) is 1.06. The second-order valence-corrected chi connectivity index (χ2v) is 10.8. The van der Waals surface area contributed by atoms with Crippen molar-refractivity contribution in [3.63, 3.8) is 0 Å². The predicted molar refractivity (Wildman–Crippen MR) is 129 cm³/mol. The number of imidazole rings is 1. The van der Waals surface area contributed by atoms with Gasteiger partial charge in [-0.3, -0.25) is 9.69 Å². The van der Waals surface area contributed by atoms with Crippen LogP contribution >= 0.6 is 0 Å². The molecule has 178 valence electrons. The molecule has 2 heterocycles. The summed E-state index contributed by atoms with van der Waals surface area (Å²) in [4.78, 5) is 23.9. The molecule has 6 nitrogen and oxygen atoms in total. The van der Waals surface area contributed by atoms with E-state index in [2.05, 4.69) is 9.55 Å². The summed E-state index contributed by atoms with van der Waals surface area (Å²) >= 11 is 0. The van der Waals surface area contributed by atoms with Gasteiger partial charge in [0.2, 0.25) is 0 Å². The van der Waals surface area contributed by atoms with Crippen LogP contribution in [0.3, 0.4) is 0 Å². The molecule has 3 aliphatic rings. The van der Waals surface area contributed by atoms with E-state index in [4.69, 9.17) is 10.7 Å². The van der Waals surface area contributed by atoms with E-state index in [0.717, 1.165) is 37.6 Å². The largest absolute Gasteiger partial charge is 0.369 e. The van der Waals surface area contributed by atoms with Crippen LogP contribution in [0.5, 0.6) is 0 Å². The Hall–Kier alpha value is -1.85. The molecule has 0 aromatic carbocycles. The lowest BCUT2D eigenvalue weighted by molar-refractivity contribution is -0.131. The van der Waals surface area contributed by atoms with Crippen molar-refractivity contribution in [3.8, 4) is 0 Å². The number of carbonyl (C=O) groups is 1. The van der Waals surface area contributed by atoms with Gasteiger partial charge in [0, 0.05) is 26.0 Å². The lowest BCUT2D eigenvalue weighted by Crippen LogP contribution is -2.44. The fraction of sp³-hybridized carbons (Fsp3) is 0.808. The third-order valence-electron chi connectivity index (χ3n) is 8.42. The molecule has 2 N–H and O–H groups in total. The molecule has 0 bridgehead atoms. The average molecular weight is 442 g/mol. The van der Waals surface area contributed by atoms with Crippen molar-refractivity contribution in [2.24, 2.45) is 28.5 Å². The molecule has 3 atom stereocenters. The maximum Gasteiger partial charge on any atom is 0.257 e. The highest BCUT2D eigenvalue weighted by Crippen LogP contribution is 2.42. The zero-order valence-electron chi connectivity index (χ0n) is 20.1. The highest BCUT2D eigenvalue weighted by Gasteiger charge is 2.47. The second kappa shape index (κ2) is 10.8. The summed E-state index contributed by atoms with van der Waals surface area (Å²) in [5.74, 6) is 2.73. The summed E-state index contributed by atoms with van der Waals surface area (Å²) in [7, 11) is 1.80. The number of carbonyl (C=O) groups excluding carboxylic acids is 1. The van der Waals surface area contributed by atoms with E-state index >= 15 is 0 Å². The van der Waals surface area contributed by atoms with E-state index in [-0.39, 0.29) is 5.91 Å². The average Bonchev–Trinajstić information content (AvgIpc) is 3.40. The molecule has 2 saturated carbocycles. The van der Waals surface area contributed by atoms with E-state index in [1.54, 1.807) is 11.9 Å². The van der Waals surface area contributed by atoms with Gasteiger partial charge in [0.15, 0.2) is 5.96 Å². The first kappa shape index (κ1) is 23.3. The van der Waals surface area contributed by atoms with Gasteiger partial charge in [-0.2, -0.15) is 0 Å². The molecule has 0 saturated heterocycles. The maximum absolute atomic E-state index is 13.3. The first-order valence-electron chi connectivity index (χ1n) is 13.1. The Morgan fingerprint density at radius 1 is 1.03 bits per heavy atom. The van der Waals surface area contributed by atoms with Crippen LogP contribution in [0.15, 0.2) is 23.7 Å². The smallest absolute Gasteiger partial charge is 0.257 e. The van der Waals surface area contributed by atoms with Gasteiger partial charge < -0.3 is 10.3 Å². The van der Waals surface area contributed by atoms with Gasteiger partial charge in [0.1, 0.15) is 5.54 Å². The molecule has 32 heavy (non-hydrogen) atoms. The quantitative estimate of drug-likeness (QED) is 0.511. The minimum atomic E-state index is -0.593. The van der Waals surface area contributed by atoms with Gasteiger partial charge in [-0.1, -0.05) is 64.2 Å². The number of guanidine groups is 1. The first-order chi connectivity index (χ1) is 15.6. The SMILES string of the molecule is CN1C(=O)[C@@](CCC2CCCCC2)(C[C@H]2CCC[C@H](CCCCn3ccnc3)C2)N=C1N. The number of nitrogens with two attached hydrogens (primary N) is 1. The van der Waals surface area contributed by atoms with Crippen molar-refractivity contribution in [2.45, 2.75) is 108 Å². The van der Waals surface area contributed by atoms with Gasteiger partial charge in [-0.05, 0) is 49.9 Å². The van der Waals surface area contributed by atoms with E-state index in [1.807, 2.05) is 18.7 Å². The molecular formula is C26H43N5O. The standard InChI is InChI=1S/C26H43N5O/c1-30-24(32)26(29-25(30)27,14-13-21-8-3-2-4-9-21)19-23-12-7-11-22(18-23)10-5-6-16-31-17-15-28-20-31/h15,17,20-23H,2-14,16,18-19H2,1H3,(H2,27,29)/t22-,23-,26+/m0/s1. The minimum absolute atomic E-state index is 0.147. The van der Waals surface area contributed by atoms with Gasteiger partial charge in [0.25, 0.3) is 5.91 Å². The normalized spacial score (nSPS) is 29.5. The highest BCUT2D eigenvalue weighted by atomic mass is 16.2. The van der Waals surface area contributed by atoms with Crippen LogP contribution in [0.4, 0.5) is 0 Å². The molecule has 0 spiro atoms. The second-order valence-electron chi connectivity index (χ2n) is 10.8. The molecule has 4 rings (SSSR count). The third-order valence-corrected chi connectivity index (χ3v) is 8.42. The van der Waals surface area contributed by atoms with Crippen LogP contribution in [0.1, 0.15) is 96.3 Å². The Kier molecular flexibility index (Phi) is 7.90. The molecule has 1 aromatic heterocycles. The topological polar surface area (TPSA) is 76.5 Å². The summed E-state index contributed by atoms with van der Waals surface area (Å²) < 4.78 is 2.17. The molecule has 0 radical (unpaired) electrons. The van der Waals surface area contributed by atoms with Crippen LogP contribution in [-0.2, 0) is 11.3 Å². The van der Waals surface area contributed by atoms with Gasteiger partial charge >= 0.3 is 0 Å². The number of aryl methyl sites for hydroxylation is 1. The van der Waals surface area contributed by atoms with Gasteiger partial charge in [0.05, 0.1) is 6.33 Å². The number of aromatic nitrogens is 2. The molecule has 0 unspecified atom stereocenters. The summed E-state index contributed by atoms with van der Waals surface area (Å²) in [6.07, 6.45) is 24.4. The monoisotopic (exact) mass is 441 g/mol. The van der Waals surface area contributed by atoms with E-state index in [0.29, 0.717) is 11.9 Å². The van der Waals surface area contributed by atoms with Crippen molar-refractivity contribution in [1.82, 2.24) is 14.5 Å². The van der Waals surface area contributed by atoms with E-state index in [9.17, 15) is 4.79 Å². The van der Waals surface area contributed by atoms with E-state index in [1.165, 1.54) is 77.0 Å². The van der Waals surface area contributed by atoms with Crippen LogP contribution in [0.25, 0.3) is 0 Å². The fourth-order valence-electron chi connectivity index (χ4n) is 6.55. The summed E-state index contributed by atoms with van der Waals surface area (Å²) in [5, 5.41) is 0. The number of nitrogens with zero attached hydrogens (tertiary/aromatic N) is 4. The van der Waals surface area contributed by atoms with Crippen molar-refractivity contribution < 1.29 is 4.79 Å². The Bertz CT molecular complexity index is 754. The van der Waals surface area contributed by atoms with Gasteiger partial charge in [-0.25, -0.2) is 9.98 Å². The van der Waals surface area contributed by atoms with Crippen LogP contribution in [0.2, 0.25) is 0 Å².